The van der Waals surface area contributed by atoms with Crippen molar-refractivity contribution >= 4 is 17.1 Å². The fourth-order valence-corrected chi connectivity index (χ4v) is 1.06. The molecule has 0 N–H and O–H groups in total. The molecule has 1 unspecified atom stereocenters. The normalized spacial score (nSPS) is 12.5. The van der Waals surface area contributed by atoms with E-state index in [2.05, 4.69) is 6.92 Å². The number of hydrogen-bond acceptors (Lipinski definition) is 1. The first-order valence-corrected chi connectivity index (χ1v) is 4.01. The Labute approximate surface area is 73.2 Å². The van der Waals surface area contributed by atoms with Crippen molar-refractivity contribution in [2.24, 2.45) is 0 Å². The molecule has 0 nitrogen and oxygen atoms in total. The van der Waals surface area contributed by atoms with Crippen molar-refractivity contribution in [3.63, 3.8) is 0 Å². The van der Waals surface area contributed by atoms with Crippen molar-refractivity contribution in [3.8, 4) is 0 Å². The van der Waals surface area contributed by atoms with Gasteiger partial charge in [0.25, 0.3) is 0 Å². The van der Waals surface area contributed by atoms with Crippen molar-refractivity contribution in [1.29, 1.82) is 0 Å². The van der Waals surface area contributed by atoms with E-state index in [-0.39, 0.29) is 5.92 Å². The van der Waals surface area contributed by atoms with Crippen molar-refractivity contribution < 1.29 is 0 Å². The standard InChI is InChI=1S/C10H11S/c1-8(9(2)11)10-6-4-3-5-7-10/h3-8H,1H2,2H3. The number of thiocarbonyl (C=S) groups is 1. The fourth-order valence-electron chi connectivity index (χ4n) is 0.920. The summed E-state index contributed by atoms with van der Waals surface area (Å²) < 4.78 is 0. The van der Waals surface area contributed by atoms with Crippen LogP contribution in [0.15, 0.2) is 30.3 Å². The zero-order chi connectivity index (χ0) is 8.27. The van der Waals surface area contributed by atoms with Gasteiger partial charge in [0.1, 0.15) is 0 Å². The first-order chi connectivity index (χ1) is 5.22. The summed E-state index contributed by atoms with van der Waals surface area (Å²) in [5.41, 5.74) is 1.19. The zero-order valence-electron chi connectivity index (χ0n) is 6.58. The Morgan fingerprint density at radius 3 is 2.36 bits per heavy atom. The van der Waals surface area contributed by atoms with Gasteiger partial charge in [-0.3, -0.25) is 0 Å². The Balaban J connectivity index is 2.85. The highest BCUT2D eigenvalue weighted by molar-refractivity contribution is 7.80. The lowest BCUT2D eigenvalue weighted by molar-refractivity contribution is 1.15. The molecule has 1 atom stereocenters. The molecular formula is C10H11S. The van der Waals surface area contributed by atoms with Crippen LogP contribution in [0.2, 0.25) is 0 Å². The van der Waals surface area contributed by atoms with Crippen LogP contribution in [-0.4, -0.2) is 4.86 Å². The van der Waals surface area contributed by atoms with Crippen LogP contribution in [-0.2, 0) is 0 Å². The Bertz CT molecular complexity index is 238. The first-order valence-electron chi connectivity index (χ1n) is 3.60. The van der Waals surface area contributed by atoms with Crippen LogP contribution in [0.3, 0.4) is 0 Å². The summed E-state index contributed by atoms with van der Waals surface area (Å²) in [5.74, 6) is 0.159. The first kappa shape index (κ1) is 8.41. The third kappa shape index (κ3) is 2.12. The molecule has 0 aliphatic heterocycles. The topological polar surface area (TPSA) is 0 Å². The minimum atomic E-state index is 0.159. The van der Waals surface area contributed by atoms with Crippen molar-refractivity contribution in [2.75, 3.05) is 0 Å². The highest BCUT2D eigenvalue weighted by atomic mass is 32.1. The number of benzene rings is 1. The van der Waals surface area contributed by atoms with Gasteiger partial charge in [0, 0.05) is 5.92 Å². The van der Waals surface area contributed by atoms with Gasteiger partial charge in [-0.15, -0.1) is 0 Å². The van der Waals surface area contributed by atoms with Crippen molar-refractivity contribution in [2.45, 2.75) is 12.8 Å². The summed E-state index contributed by atoms with van der Waals surface area (Å²) in [5, 5.41) is 0. The van der Waals surface area contributed by atoms with E-state index in [0.717, 1.165) is 4.86 Å². The molecule has 1 aromatic rings. The molecule has 0 spiro atoms. The second kappa shape index (κ2) is 3.63. The Kier molecular flexibility index (Phi) is 2.77. The van der Waals surface area contributed by atoms with Crippen molar-refractivity contribution in [1.82, 2.24) is 0 Å². The van der Waals surface area contributed by atoms with Crippen LogP contribution < -0.4 is 0 Å². The third-order valence-electron chi connectivity index (χ3n) is 1.69. The van der Waals surface area contributed by atoms with Gasteiger partial charge in [0.05, 0.1) is 0 Å². The lowest BCUT2D eigenvalue weighted by atomic mass is 9.99. The molecular weight excluding hydrogens is 152 g/mol. The van der Waals surface area contributed by atoms with Crippen LogP contribution in [0.5, 0.6) is 0 Å². The largest absolute Gasteiger partial charge is 0.0893 e. The summed E-state index contributed by atoms with van der Waals surface area (Å²) in [7, 11) is 0. The summed E-state index contributed by atoms with van der Waals surface area (Å²) in [6.07, 6.45) is 0. The highest BCUT2D eigenvalue weighted by Gasteiger charge is 2.04. The molecule has 0 saturated heterocycles. The van der Waals surface area contributed by atoms with E-state index in [4.69, 9.17) is 12.2 Å². The molecule has 0 saturated carbocycles. The molecule has 0 amide bonds. The Hall–Kier alpha value is -0.690. The molecule has 57 valence electrons. The van der Waals surface area contributed by atoms with E-state index < -0.39 is 0 Å². The van der Waals surface area contributed by atoms with Crippen LogP contribution >= 0.6 is 12.2 Å². The molecule has 1 rings (SSSR count). The van der Waals surface area contributed by atoms with Crippen molar-refractivity contribution in [3.05, 3.63) is 42.8 Å². The smallest absolute Gasteiger partial charge is 0.0151 e. The maximum atomic E-state index is 5.04. The van der Waals surface area contributed by atoms with E-state index in [1.807, 2.05) is 37.3 Å². The molecule has 11 heavy (non-hydrogen) atoms. The molecule has 1 heteroatoms. The lowest BCUT2D eigenvalue weighted by Gasteiger charge is -2.08. The third-order valence-corrected chi connectivity index (χ3v) is 1.98. The van der Waals surface area contributed by atoms with Gasteiger partial charge in [0.2, 0.25) is 0 Å². The number of rotatable bonds is 2. The predicted octanol–water partition coefficient (Wildman–Crippen LogP) is 2.99. The Morgan fingerprint density at radius 2 is 1.91 bits per heavy atom. The summed E-state index contributed by atoms with van der Waals surface area (Å²) >= 11 is 5.04. The second-order valence-electron chi connectivity index (χ2n) is 2.57. The van der Waals surface area contributed by atoms with Gasteiger partial charge in [-0.1, -0.05) is 42.5 Å². The molecule has 0 fully saturated rings. The minimum absolute atomic E-state index is 0.159. The van der Waals surface area contributed by atoms with E-state index in [0.29, 0.717) is 0 Å². The van der Waals surface area contributed by atoms with E-state index >= 15 is 0 Å². The average molecular weight is 163 g/mol. The molecule has 0 aliphatic carbocycles. The number of hydrogen-bond donors (Lipinski definition) is 0. The average Bonchev–Trinajstić information content (AvgIpc) is 2.05. The van der Waals surface area contributed by atoms with Crippen LogP contribution in [0.4, 0.5) is 0 Å². The van der Waals surface area contributed by atoms with E-state index in [1.54, 1.807) is 0 Å². The van der Waals surface area contributed by atoms with Gasteiger partial charge in [-0.05, 0) is 24.3 Å². The van der Waals surface area contributed by atoms with E-state index in [1.165, 1.54) is 5.56 Å². The summed E-state index contributed by atoms with van der Waals surface area (Å²) in [6.45, 7) is 5.90. The predicted molar refractivity (Wildman–Crippen MR) is 52.8 cm³/mol. The SMILES string of the molecule is [CH2]C(C(C)=S)c1ccccc1. The lowest BCUT2D eigenvalue weighted by Crippen LogP contribution is -2.01. The van der Waals surface area contributed by atoms with E-state index in [9.17, 15) is 0 Å². The van der Waals surface area contributed by atoms with Crippen LogP contribution in [0.1, 0.15) is 18.4 Å². The summed E-state index contributed by atoms with van der Waals surface area (Å²) in [6, 6.07) is 10.1. The maximum absolute atomic E-state index is 5.04. The van der Waals surface area contributed by atoms with Gasteiger partial charge in [-0.2, -0.15) is 0 Å². The minimum Gasteiger partial charge on any atom is -0.0893 e. The monoisotopic (exact) mass is 163 g/mol. The summed E-state index contributed by atoms with van der Waals surface area (Å²) in [4.78, 5) is 0.941. The maximum Gasteiger partial charge on any atom is 0.0151 e. The molecule has 1 radical (unpaired) electrons. The molecule has 0 aromatic heterocycles. The zero-order valence-corrected chi connectivity index (χ0v) is 7.40. The molecule has 1 aromatic carbocycles. The van der Waals surface area contributed by atoms with Gasteiger partial charge >= 0.3 is 0 Å². The molecule has 0 heterocycles. The Morgan fingerprint density at radius 1 is 1.36 bits per heavy atom. The molecule has 0 aliphatic rings. The van der Waals surface area contributed by atoms with Gasteiger partial charge in [0.15, 0.2) is 0 Å². The van der Waals surface area contributed by atoms with Crippen LogP contribution in [0, 0.1) is 6.92 Å². The van der Waals surface area contributed by atoms with Crippen LogP contribution in [0.25, 0.3) is 0 Å². The highest BCUT2D eigenvalue weighted by Crippen LogP contribution is 2.15. The quantitative estimate of drug-likeness (QED) is 0.604. The van der Waals surface area contributed by atoms with Gasteiger partial charge in [-0.25, -0.2) is 0 Å². The fraction of sp³-hybridized carbons (Fsp3) is 0.200. The molecule has 0 bridgehead atoms. The second-order valence-corrected chi connectivity index (χ2v) is 3.22. The van der Waals surface area contributed by atoms with Gasteiger partial charge < -0.3 is 0 Å².